The lowest BCUT2D eigenvalue weighted by molar-refractivity contribution is -0.883. The van der Waals surface area contributed by atoms with Crippen molar-refractivity contribution in [1.29, 1.82) is 0 Å². The molecule has 0 aliphatic carbocycles. The number of nitrogens with one attached hydrogen (secondary N) is 1. The topological polar surface area (TPSA) is 67.2 Å². The highest BCUT2D eigenvalue weighted by molar-refractivity contribution is 5.89. The number of carbonyl (C=O) groups is 1. The highest BCUT2D eigenvalue weighted by Crippen LogP contribution is 2.00. The van der Waals surface area contributed by atoms with E-state index in [1.54, 1.807) is 25.3 Å². The van der Waals surface area contributed by atoms with Crippen molar-refractivity contribution in [3.8, 4) is 0 Å². The molecule has 0 atom stereocenters. The number of ether oxygens (including phenoxy) is 1. The molecule has 0 fully saturated rings. The molecule has 0 spiro atoms. The number of nitrogens with zero attached hydrogens (tertiary/aromatic N) is 2. The zero-order chi connectivity index (χ0) is 14.3. The summed E-state index contributed by atoms with van der Waals surface area (Å²) in [6, 6.07) is 3.39. The molecule has 0 saturated heterocycles. The second-order valence-electron chi connectivity index (χ2n) is 4.46. The second kappa shape index (κ2) is 11.3. The maximum absolute atomic E-state index is 11.7. The lowest BCUT2D eigenvalue weighted by Crippen LogP contribution is -3.06. The number of quaternary nitrogens is 1. The van der Waals surface area contributed by atoms with Crippen molar-refractivity contribution >= 4 is 12.2 Å². The molecular formula is C13H21Cl2N3O3. The smallest absolute Gasteiger partial charge is 0.344 e. The maximum atomic E-state index is 11.7. The van der Waals surface area contributed by atoms with E-state index in [1.807, 2.05) is 4.57 Å². The second-order valence-corrected chi connectivity index (χ2v) is 4.46. The Morgan fingerprint density at radius 1 is 1.43 bits per heavy atom. The van der Waals surface area contributed by atoms with Crippen molar-refractivity contribution in [3.63, 3.8) is 0 Å². The maximum Gasteiger partial charge on any atom is 0.344 e. The number of oxime groups is 1. The zero-order valence-electron chi connectivity index (χ0n) is 12.3. The fourth-order valence-electron chi connectivity index (χ4n) is 1.61. The SMILES string of the molecule is CCOC(=O)c1ccc(/C=N/O)[n+](CC[NH+](C)C)c1.[Cl-].[Cl-]. The lowest BCUT2D eigenvalue weighted by Gasteiger charge is -2.06. The number of carbonyl (C=O) groups excluding carboxylic acids is 1. The summed E-state index contributed by atoms with van der Waals surface area (Å²) in [7, 11) is 4.10. The van der Waals surface area contributed by atoms with Gasteiger partial charge in [0.15, 0.2) is 12.7 Å². The molecule has 1 rings (SSSR count). The van der Waals surface area contributed by atoms with Crippen LogP contribution in [0.4, 0.5) is 0 Å². The highest BCUT2D eigenvalue weighted by Gasteiger charge is 2.16. The van der Waals surface area contributed by atoms with Gasteiger partial charge in [-0.2, -0.15) is 4.57 Å². The predicted molar refractivity (Wildman–Crippen MR) is 69.7 cm³/mol. The summed E-state index contributed by atoms with van der Waals surface area (Å²) in [5.74, 6) is -0.346. The summed E-state index contributed by atoms with van der Waals surface area (Å²) in [6.45, 7) is 3.73. The van der Waals surface area contributed by atoms with Crippen molar-refractivity contribution in [2.45, 2.75) is 13.5 Å². The van der Waals surface area contributed by atoms with Gasteiger partial charge in [0.25, 0.3) is 0 Å². The average Bonchev–Trinajstić information content (AvgIpc) is 2.38. The lowest BCUT2D eigenvalue weighted by atomic mass is 10.2. The van der Waals surface area contributed by atoms with E-state index in [9.17, 15) is 4.79 Å². The Morgan fingerprint density at radius 2 is 2.10 bits per heavy atom. The van der Waals surface area contributed by atoms with Gasteiger partial charge in [0, 0.05) is 6.07 Å². The molecule has 0 saturated carbocycles. The van der Waals surface area contributed by atoms with Gasteiger partial charge in [-0.15, -0.1) is 0 Å². The van der Waals surface area contributed by atoms with Gasteiger partial charge in [0.05, 0.1) is 20.7 Å². The van der Waals surface area contributed by atoms with E-state index < -0.39 is 0 Å². The molecule has 6 nitrogen and oxygen atoms in total. The van der Waals surface area contributed by atoms with Crippen LogP contribution in [-0.2, 0) is 11.3 Å². The van der Waals surface area contributed by atoms with Gasteiger partial charge < -0.3 is 39.7 Å². The van der Waals surface area contributed by atoms with E-state index in [2.05, 4.69) is 19.3 Å². The summed E-state index contributed by atoms with van der Waals surface area (Å²) in [5.41, 5.74) is 1.22. The standard InChI is InChI=1S/C13H19N3O3.2ClH/c1-4-19-13(17)11-5-6-12(9-14-18)16(10-11)8-7-15(2)3;;/h5-6,9-10H,4,7-8H2,1-3H3;2*1H. The van der Waals surface area contributed by atoms with Crippen LogP contribution >= 0.6 is 0 Å². The fourth-order valence-corrected chi connectivity index (χ4v) is 1.61. The van der Waals surface area contributed by atoms with Gasteiger partial charge in [-0.05, 0) is 13.0 Å². The molecule has 0 aliphatic rings. The molecule has 0 aliphatic heterocycles. The first kappa shape index (κ1) is 21.9. The van der Waals surface area contributed by atoms with E-state index in [0.29, 0.717) is 12.2 Å². The molecule has 0 unspecified atom stereocenters. The third-order valence-corrected chi connectivity index (χ3v) is 2.61. The summed E-state index contributed by atoms with van der Waals surface area (Å²) in [6.07, 6.45) is 3.07. The molecule has 0 amide bonds. The Labute approximate surface area is 137 Å². The van der Waals surface area contributed by atoms with Crippen molar-refractivity contribution in [3.05, 3.63) is 29.6 Å². The first-order valence-electron chi connectivity index (χ1n) is 6.25. The third-order valence-electron chi connectivity index (χ3n) is 2.61. The van der Waals surface area contributed by atoms with Crippen LogP contribution in [0.3, 0.4) is 0 Å². The third kappa shape index (κ3) is 7.27. The molecule has 1 heterocycles. The highest BCUT2D eigenvalue weighted by atomic mass is 35.5. The number of aromatic nitrogens is 1. The number of hydrogen-bond donors (Lipinski definition) is 2. The van der Waals surface area contributed by atoms with Gasteiger partial charge in [-0.1, -0.05) is 5.16 Å². The summed E-state index contributed by atoms with van der Waals surface area (Å²) >= 11 is 0. The van der Waals surface area contributed by atoms with Gasteiger partial charge >= 0.3 is 5.97 Å². The van der Waals surface area contributed by atoms with Crippen molar-refractivity contribution < 1.29 is 49.0 Å². The van der Waals surface area contributed by atoms with E-state index in [4.69, 9.17) is 9.94 Å². The fraction of sp³-hybridized carbons (Fsp3) is 0.462. The quantitative estimate of drug-likeness (QED) is 0.178. The Bertz CT molecular complexity index is 468. The number of esters is 1. The molecule has 1 aromatic heterocycles. The largest absolute Gasteiger partial charge is 1.00 e. The Hall–Kier alpha value is -1.37. The van der Waals surface area contributed by atoms with Crippen LogP contribution in [0.1, 0.15) is 23.0 Å². The molecule has 0 aromatic carbocycles. The van der Waals surface area contributed by atoms with Crippen LogP contribution in [0, 0.1) is 0 Å². The first-order valence-corrected chi connectivity index (χ1v) is 6.25. The van der Waals surface area contributed by atoms with Gasteiger partial charge in [0.2, 0.25) is 5.69 Å². The van der Waals surface area contributed by atoms with E-state index >= 15 is 0 Å². The van der Waals surface area contributed by atoms with E-state index in [1.165, 1.54) is 11.1 Å². The van der Waals surface area contributed by atoms with Crippen molar-refractivity contribution in [1.82, 2.24) is 0 Å². The monoisotopic (exact) mass is 337 g/mol. The Kier molecular flexibility index (Phi) is 11.8. The molecule has 21 heavy (non-hydrogen) atoms. The predicted octanol–water partition coefficient (Wildman–Crippen LogP) is -6.89. The van der Waals surface area contributed by atoms with E-state index in [0.717, 1.165) is 18.8 Å². The summed E-state index contributed by atoms with van der Waals surface area (Å²) < 4.78 is 6.84. The zero-order valence-corrected chi connectivity index (χ0v) is 13.9. The average molecular weight is 338 g/mol. The Balaban J connectivity index is 0. The minimum Gasteiger partial charge on any atom is -1.00 e. The normalized spacial score (nSPS) is 10.1. The van der Waals surface area contributed by atoms with Gasteiger partial charge in [0.1, 0.15) is 18.3 Å². The first-order chi connectivity index (χ1) is 9.08. The minimum absolute atomic E-state index is 0. The molecule has 8 heteroatoms. The van der Waals surface area contributed by atoms with Crippen LogP contribution in [-0.4, -0.2) is 44.6 Å². The summed E-state index contributed by atoms with van der Waals surface area (Å²) in [4.78, 5) is 13.0. The number of pyridine rings is 1. The van der Waals surface area contributed by atoms with Crippen LogP contribution in [0.25, 0.3) is 0 Å². The van der Waals surface area contributed by atoms with Crippen LogP contribution in [0.2, 0.25) is 0 Å². The van der Waals surface area contributed by atoms with Crippen LogP contribution in [0.15, 0.2) is 23.5 Å². The molecule has 120 valence electrons. The summed E-state index contributed by atoms with van der Waals surface area (Å²) in [5, 5.41) is 11.7. The number of likely N-dealkylation sites (N-methyl/N-ethyl adjacent to an activating group) is 1. The Morgan fingerprint density at radius 3 is 2.62 bits per heavy atom. The number of hydrogen-bond acceptors (Lipinski definition) is 4. The van der Waals surface area contributed by atoms with Crippen LogP contribution in [0.5, 0.6) is 0 Å². The van der Waals surface area contributed by atoms with Crippen LogP contribution < -0.4 is 34.3 Å². The number of rotatable bonds is 6. The van der Waals surface area contributed by atoms with Crippen molar-refractivity contribution in [2.75, 3.05) is 27.2 Å². The minimum atomic E-state index is -0.346. The van der Waals surface area contributed by atoms with E-state index in [-0.39, 0.29) is 30.8 Å². The molecule has 2 N–H and O–H groups in total. The van der Waals surface area contributed by atoms with Gasteiger partial charge in [-0.25, -0.2) is 4.79 Å². The molecule has 1 aromatic rings. The number of halogens is 2. The molecular weight excluding hydrogens is 317 g/mol. The molecule has 0 radical (unpaired) electrons. The van der Waals surface area contributed by atoms with Crippen molar-refractivity contribution in [2.24, 2.45) is 5.16 Å². The van der Waals surface area contributed by atoms with Gasteiger partial charge in [-0.3, -0.25) is 0 Å². The molecule has 0 bridgehead atoms.